The minimum Gasteiger partial charge on any atom is -0.465 e. The second-order valence-electron chi connectivity index (χ2n) is 4.76. The highest BCUT2D eigenvalue weighted by Gasteiger charge is 2.14. The number of benzene rings is 1. The fourth-order valence-electron chi connectivity index (χ4n) is 2.14. The average molecular weight is 285 g/mol. The van der Waals surface area contributed by atoms with Gasteiger partial charge >= 0.3 is 5.97 Å². The van der Waals surface area contributed by atoms with Gasteiger partial charge in [0.2, 0.25) is 0 Å². The van der Waals surface area contributed by atoms with Crippen LogP contribution >= 0.6 is 0 Å². The minimum atomic E-state index is -0.420. The van der Waals surface area contributed by atoms with Crippen molar-refractivity contribution >= 4 is 17.3 Å². The maximum absolute atomic E-state index is 11.7. The second-order valence-corrected chi connectivity index (χ2v) is 4.76. The number of nitrogen functional groups attached to an aromatic ring is 1. The van der Waals surface area contributed by atoms with Crippen molar-refractivity contribution in [1.82, 2.24) is 4.98 Å². The number of pyridine rings is 1. The van der Waals surface area contributed by atoms with E-state index in [1.165, 1.54) is 12.7 Å². The van der Waals surface area contributed by atoms with Gasteiger partial charge in [-0.15, -0.1) is 0 Å². The van der Waals surface area contributed by atoms with E-state index in [1.54, 1.807) is 24.5 Å². The molecule has 1 heterocycles. The summed E-state index contributed by atoms with van der Waals surface area (Å²) in [5.41, 5.74) is 8.95. The number of aromatic nitrogens is 1. The predicted molar refractivity (Wildman–Crippen MR) is 83.4 cm³/mol. The molecular weight excluding hydrogens is 266 g/mol. The Morgan fingerprint density at radius 2 is 2.00 bits per heavy atom. The van der Waals surface area contributed by atoms with Gasteiger partial charge < -0.3 is 15.4 Å². The highest BCUT2D eigenvalue weighted by atomic mass is 16.5. The van der Waals surface area contributed by atoms with E-state index in [1.807, 2.05) is 30.1 Å². The van der Waals surface area contributed by atoms with Crippen LogP contribution in [-0.2, 0) is 11.2 Å². The molecule has 2 rings (SSSR count). The molecule has 5 nitrogen and oxygen atoms in total. The number of nitrogens with two attached hydrogens (primary N) is 1. The van der Waals surface area contributed by atoms with Gasteiger partial charge in [0.15, 0.2) is 0 Å². The van der Waals surface area contributed by atoms with Crippen LogP contribution in [0, 0.1) is 0 Å². The number of carbonyl (C=O) groups is 1. The Balaban J connectivity index is 2.12. The van der Waals surface area contributed by atoms with Crippen LogP contribution in [0.2, 0.25) is 0 Å². The first-order chi connectivity index (χ1) is 10.1. The largest absolute Gasteiger partial charge is 0.465 e. The van der Waals surface area contributed by atoms with Crippen molar-refractivity contribution in [3.8, 4) is 0 Å². The zero-order valence-corrected chi connectivity index (χ0v) is 12.2. The summed E-state index contributed by atoms with van der Waals surface area (Å²) in [5.74, 6) is -0.420. The molecule has 21 heavy (non-hydrogen) atoms. The summed E-state index contributed by atoms with van der Waals surface area (Å²) in [6.07, 6.45) is 4.43. The third kappa shape index (κ3) is 3.51. The Kier molecular flexibility index (Phi) is 4.77. The third-order valence-electron chi connectivity index (χ3n) is 3.38. The molecule has 0 amide bonds. The lowest BCUT2D eigenvalue weighted by Crippen LogP contribution is -2.22. The summed E-state index contributed by atoms with van der Waals surface area (Å²) in [6.45, 7) is 0.791. The van der Waals surface area contributed by atoms with Crippen LogP contribution in [0.5, 0.6) is 0 Å². The monoisotopic (exact) mass is 285 g/mol. The molecule has 2 N–H and O–H groups in total. The fourth-order valence-corrected chi connectivity index (χ4v) is 2.14. The molecule has 1 aromatic heterocycles. The topological polar surface area (TPSA) is 68.5 Å². The lowest BCUT2D eigenvalue weighted by atomic mass is 10.1. The Morgan fingerprint density at radius 3 is 2.67 bits per heavy atom. The highest BCUT2D eigenvalue weighted by molar-refractivity contribution is 5.98. The molecule has 5 heteroatoms. The van der Waals surface area contributed by atoms with Crippen LogP contribution in [0.3, 0.4) is 0 Å². The molecule has 0 radical (unpaired) electrons. The number of para-hydroxylation sites is 1. The minimum absolute atomic E-state index is 0.394. The fraction of sp³-hybridized carbons (Fsp3) is 0.250. The Bertz CT molecular complexity index is 614. The number of anilines is 2. The molecule has 0 aliphatic rings. The van der Waals surface area contributed by atoms with Gasteiger partial charge in [-0.05, 0) is 36.2 Å². The van der Waals surface area contributed by atoms with E-state index in [9.17, 15) is 4.79 Å². The summed E-state index contributed by atoms with van der Waals surface area (Å²) in [5, 5.41) is 0. The SMILES string of the molecule is COC(=O)c1cccc(N(C)CCc2ccncc2)c1N. The van der Waals surface area contributed by atoms with Crippen LogP contribution in [0.1, 0.15) is 15.9 Å². The number of esters is 1. The van der Waals surface area contributed by atoms with E-state index in [4.69, 9.17) is 10.5 Å². The highest BCUT2D eigenvalue weighted by Crippen LogP contribution is 2.26. The smallest absolute Gasteiger partial charge is 0.340 e. The van der Waals surface area contributed by atoms with Crippen LogP contribution in [0.4, 0.5) is 11.4 Å². The molecule has 0 spiro atoms. The molecule has 2 aromatic rings. The van der Waals surface area contributed by atoms with Crippen molar-refractivity contribution in [2.45, 2.75) is 6.42 Å². The van der Waals surface area contributed by atoms with Crippen LogP contribution in [-0.4, -0.2) is 31.7 Å². The number of rotatable bonds is 5. The summed E-state index contributed by atoms with van der Waals surface area (Å²) in [7, 11) is 3.30. The first-order valence-corrected chi connectivity index (χ1v) is 6.70. The Morgan fingerprint density at radius 1 is 1.29 bits per heavy atom. The molecule has 110 valence electrons. The van der Waals surface area contributed by atoms with Crippen LogP contribution in [0.15, 0.2) is 42.7 Å². The molecule has 0 aliphatic heterocycles. The van der Waals surface area contributed by atoms with Gasteiger partial charge in [0, 0.05) is 26.0 Å². The first kappa shape index (κ1) is 14.8. The molecular formula is C16H19N3O2. The number of carbonyl (C=O) groups excluding carboxylic acids is 1. The zero-order chi connectivity index (χ0) is 15.2. The first-order valence-electron chi connectivity index (χ1n) is 6.70. The van der Waals surface area contributed by atoms with Crippen LogP contribution < -0.4 is 10.6 Å². The molecule has 0 atom stereocenters. The Hall–Kier alpha value is -2.56. The van der Waals surface area contributed by atoms with Gasteiger partial charge in [-0.2, -0.15) is 0 Å². The van der Waals surface area contributed by atoms with E-state index < -0.39 is 5.97 Å². The summed E-state index contributed by atoms with van der Waals surface area (Å²) < 4.78 is 4.74. The molecule has 0 fully saturated rings. The number of methoxy groups -OCH3 is 1. The number of nitrogens with zero attached hydrogens (tertiary/aromatic N) is 2. The molecule has 0 saturated carbocycles. The molecule has 0 bridgehead atoms. The van der Waals surface area contributed by atoms with E-state index in [-0.39, 0.29) is 0 Å². The van der Waals surface area contributed by atoms with E-state index in [2.05, 4.69) is 4.98 Å². The Labute approximate surface area is 124 Å². The number of ether oxygens (including phenoxy) is 1. The number of likely N-dealkylation sites (N-methyl/N-ethyl adjacent to an activating group) is 1. The standard InChI is InChI=1S/C16H19N3O2/c1-19(11-8-12-6-9-18-10-7-12)14-5-3-4-13(15(14)17)16(20)21-2/h3-7,9-10H,8,11,17H2,1-2H3. The van der Waals surface area contributed by atoms with Gasteiger partial charge in [0.25, 0.3) is 0 Å². The summed E-state index contributed by atoms with van der Waals surface area (Å²) in [4.78, 5) is 17.7. The molecule has 0 aliphatic carbocycles. The van der Waals surface area contributed by atoms with Crippen molar-refractivity contribution in [1.29, 1.82) is 0 Å². The third-order valence-corrected chi connectivity index (χ3v) is 3.38. The molecule has 0 unspecified atom stereocenters. The lowest BCUT2D eigenvalue weighted by molar-refractivity contribution is 0.0602. The van der Waals surface area contributed by atoms with Gasteiger partial charge in [-0.3, -0.25) is 4.98 Å². The van der Waals surface area contributed by atoms with E-state index >= 15 is 0 Å². The van der Waals surface area contributed by atoms with Crippen LogP contribution in [0.25, 0.3) is 0 Å². The van der Waals surface area contributed by atoms with Crippen molar-refractivity contribution < 1.29 is 9.53 Å². The predicted octanol–water partition coefficient (Wildman–Crippen LogP) is 2.13. The van der Waals surface area contributed by atoms with Gasteiger partial charge in [0.1, 0.15) is 0 Å². The summed E-state index contributed by atoms with van der Waals surface area (Å²) in [6, 6.07) is 9.35. The average Bonchev–Trinajstić information content (AvgIpc) is 2.53. The van der Waals surface area contributed by atoms with Crippen molar-refractivity contribution in [3.63, 3.8) is 0 Å². The van der Waals surface area contributed by atoms with Gasteiger partial charge in [-0.25, -0.2) is 4.79 Å². The lowest BCUT2D eigenvalue weighted by Gasteiger charge is -2.22. The quantitative estimate of drug-likeness (QED) is 0.673. The van der Waals surface area contributed by atoms with Crippen molar-refractivity contribution in [2.24, 2.45) is 0 Å². The second kappa shape index (κ2) is 6.74. The number of hydrogen-bond donors (Lipinski definition) is 1. The zero-order valence-electron chi connectivity index (χ0n) is 12.2. The van der Waals surface area contributed by atoms with E-state index in [0.717, 1.165) is 18.7 Å². The normalized spacial score (nSPS) is 10.2. The van der Waals surface area contributed by atoms with Gasteiger partial charge in [0.05, 0.1) is 24.0 Å². The molecule has 0 saturated heterocycles. The molecule has 1 aromatic carbocycles. The van der Waals surface area contributed by atoms with Crippen molar-refractivity contribution in [2.75, 3.05) is 31.3 Å². The maximum atomic E-state index is 11.7. The number of hydrogen-bond acceptors (Lipinski definition) is 5. The van der Waals surface area contributed by atoms with E-state index in [0.29, 0.717) is 11.3 Å². The van der Waals surface area contributed by atoms with Gasteiger partial charge in [-0.1, -0.05) is 6.07 Å². The van der Waals surface area contributed by atoms with Crippen molar-refractivity contribution in [3.05, 3.63) is 53.9 Å². The summed E-state index contributed by atoms with van der Waals surface area (Å²) >= 11 is 0. The maximum Gasteiger partial charge on any atom is 0.340 e.